The summed E-state index contributed by atoms with van der Waals surface area (Å²) < 4.78 is 4.34. The molecule has 7 nitrogen and oxygen atoms in total. The molecule has 0 unspecified atom stereocenters. The van der Waals surface area contributed by atoms with Gasteiger partial charge in [0.15, 0.2) is 0 Å². The third kappa shape index (κ3) is 4.36. The smallest absolute Gasteiger partial charge is 0.326 e. The van der Waals surface area contributed by atoms with Crippen LogP contribution in [0.4, 0.5) is 0 Å². The predicted molar refractivity (Wildman–Crippen MR) is 69.8 cm³/mol. The fraction of sp³-hybridized carbons (Fsp3) is 0.273. The molecule has 0 radical (unpaired) electrons. The Labute approximate surface area is 123 Å². The van der Waals surface area contributed by atoms with Crippen molar-refractivity contribution >= 4 is 41.0 Å². The van der Waals surface area contributed by atoms with Gasteiger partial charge in [0.25, 0.3) is 5.91 Å². The van der Waals surface area contributed by atoms with E-state index in [1.165, 1.54) is 12.1 Å². The number of esters is 1. The summed E-state index contributed by atoms with van der Waals surface area (Å²) in [6.45, 7) is 0. The van der Waals surface area contributed by atoms with Crippen LogP contribution in [-0.4, -0.2) is 41.1 Å². The maximum atomic E-state index is 11.9. The number of hydrogen-bond acceptors (Lipinski definition) is 5. The molecule has 0 spiro atoms. The Bertz CT molecular complexity index is 550. The Morgan fingerprint density at radius 3 is 2.60 bits per heavy atom. The van der Waals surface area contributed by atoms with Crippen LogP contribution >= 0.6 is 23.2 Å². The van der Waals surface area contributed by atoms with Gasteiger partial charge in [-0.2, -0.15) is 0 Å². The number of amides is 1. The van der Waals surface area contributed by atoms with E-state index in [4.69, 9.17) is 28.3 Å². The van der Waals surface area contributed by atoms with Crippen LogP contribution in [0.25, 0.3) is 0 Å². The van der Waals surface area contributed by atoms with Gasteiger partial charge in [-0.05, 0) is 12.1 Å². The number of methoxy groups -OCH3 is 1. The van der Waals surface area contributed by atoms with Gasteiger partial charge < -0.3 is 15.2 Å². The predicted octanol–water partition coefficient (Wildman–Crippen LogP) is 1.13. The molecule has 0 bridgehead atoms. The molecule has 1 aromatic heterocycles. The molecule has 9 heteroatoms. The van der Waals surface area contributed by atoms with Gasteiger partial charge in [-0.3, -0.25) is 9.59 Å². The summed E-state index contributed by atoms with van der Waals surface area (Å²) in [7, 11) is 1.11. The molecule has 0 saturated carbocycles. The highest BCUT2D eigenvalue weighted by atomic mass is 35.5. The van der Waals surface area contributed by atoms with Crippen LogP contribution in [0, 0.1) is 0 Å². The van der Waals surface area contributed by atoms with Crippen LogP contribution in [0.5, 0.6) is 0 Å². The van der Waals surface area contributed by atoms with Gasteiger partial charge in [0.1, 0.15) is 16.9 Å². The maximum absolute atomic E-state index is 11.9. The lowest BCUT2D eigenvalue weighted by molar-refractivity contribution is -0.147. The van der Waals surface area contributed by atoms with Gasteiger partial charge in [-0.1, -0.05) is 23.2 Å². The molecule has 2 N–H and O–H groups in total. The minimum Gasteiger partial charge on any atom is -0.480 e. The zero-order valence-corrected chi connectivity index (χ0v) is 11.7. The third-order valence-electron chi connectivity index (χ3n) is 2.23. The molecule has 20 heavy (non-hydrogen) atoms. The molecular weight excluding hydrogens is 311 g/mol. The van der Waals surface area contributed by atoms with Crippen LogP contribution in [0.2, 0.25) is 10.2 Å². The summed E-state index contributed by atoms with van der Waals surface area (Å²) in [5.74, 6) is -3.02. The average Bonchev–Trinajstić information content (AvgIpc) is 2.40. The minimum atomic E-state index is -1.45. The van der Waals surface area contributed by atoms with Gasteiger partial charge in [0, 0.05) is 0 Å². The van der Waals surface area contributed by atoms with Crippen molar-refractivity contribution in [3.8, 4) is 0 Å². The Morgan fingerprint density at radius 1 is 1.40 bits per heavy atom. The SMILES string of the molecule is COC(=O)C[C@H](NC(=O)c1nc(Cl)ccc1Cl)C(=O)O. The Kier molecular flexibility index (Phi) is 5.72. The van der Waals surface area contributed by atoms with E-state index in [2.05, 4.69) is 15.0 Å². The summed E-state index contributed by atoms with van der Waals surface area (Å²) in [4.78, 5) is 37.6. The maximum Gasteiger partial charge on any atom is 0.326 e. The summed E-state index contributed by atoms with van der Waals surface area (Å²) in [5, 5.41) is 11.1. The third-order valence-corrected chi connectivity index (χ3v) is 2.74. The van der Waals surface area contributed by atoms with E-state index in [0.717, 1.165) is 7.11 Å². The molecule has 0 aliphatic heterocycles. The number of carbonyl (C=O) groups excluding carboxylic acids is 2. The van der Waals surface area contributed by atoms with Gasteiger partial charge >= 0.3 is 11.9 Å². The number of hydrogen-bond donors (Lipinski definition) is 2. The van der Waals surface area contributed by atoms with Crippen molar-refractivity contribution in [3.05, 3.63) is 28.0 Å². The van der Waals surface area contributed by atoms with Crippen LogP contribution in [0.15, 0.2) is 12.1 Å². The highest BCUT2D eigenvalue weighted by Crippen LogP contribution is 2.16. The Morgan fingerprint density at radius 2 is 2.05 bits per heavy atom. The number of aliphatic carboxylic acids is 1. The molecule has 1 rings (SSSR count). The number of carboxylic acids is 1. The summed E-state index contributed by atoms with van der Waals surface area (Å²) >= 11 is 11.4. The van der Waals surface area contributed by atoms with E-state index in [1.807, 2.05) is 0 Å². The lowest BCUT2D eigenvalue weighted by atomic mass is 10.2. The molecule has 0 aromatic carbocycles. The van der Waals surface area contributed by atoms with Crippen molar-refractivity contribution in [2.24, 2.45) is 0 Å². The van der Waals surface area contributed by atoms with Crippen LogP contribution < -0.4 is 5.32 Å². The molecule has 0 saturated heterocycles. The lowest BCUT2D eigenvalue weighted by Crippen LogP contribution is -2.42. The summed E-state index contributed by atoms with van der Waals surface area (Å²) in [6, 6.07) is 1.28. The van der Waals surface area contributed by atoms with E-state index in [1.54, 1.807) is 0 Å². The lowest BCUT2D eigenvalue weighted by Gasteiger charge is -2.13. The fourth-order valence-electron chi connectivity index (χ4n) is 1.25. The van der Waals surface area contributed by atoms with Crippen LogP contribution in [-0.2, 0) is 14.3 Å². The number of nitrogens with one attached hydrogen (secondary N) is 1. The molecule has 1 heterocycles. The van der Waals surface area contributed by atoms with Crippen LogP contribution in [0.3, 0.4) is 0 Å². The number of aromatic nitrogens is 1. The van der Waals surface area contributed by atoms with Gasteiger partial charge in [-0.25, -0.2) is 9.78 Å². The summed E-state index contributed by atoms with van der Waals surface area (Å²) in [6.07, 6.45) is -0.518. The first-order valence-electron chi connectivity index (χ1n) is 5.27. The molecule has 1 atom stereocenters. The van der Waals surface area contributed by atoms with E-state index >= 15 is 0 Å². The minimum absolute atomic E-state index is 0.00843. The van der Waals surface area contributed by atoms with Crippen molar-refractivity contribution in [2.75, 3.05) is 7.11 Å². The highest BCUT2D eigenvalue weighted by Gasteiger charge is 2.25. The molecule has 0 fully saturated rings. The van der Waals surface area contributed by atoms with E-state index < -0.39 is 30.3 Å². The number of pyridine rings is 1. The number of nitrogens with zero attached hydrogens (tertiary/aromatic N) is 1. The Hall–Kier alpha value is -1.86. The number of halogens is 2. The topological polar surface area (TPSA) is 106 Å². The number of carboxylic acid groups (broad SMARTS) is 1. The second-order valence-corrected chi connectivity index (χ2v) is 4.40. The van der Waals surface area contributed by atoms with Crippen molar-refractivity contribution in [1.82, 2.24) is 10.3 Å². The molecule has 1 amide bonds. The second-order valence-electron chi connectivity index (χ2n) is 3.61. The normalized spacial score (nSPS) is 11.6. The average molecular weight is 321 g/mol. The monoisotopic (exact) mass is 320 g/mol. The fourth-order valence-corrected chi connectivity index (χ4v) is 1.59. The van der Waals surface area contributed by atoms with Crippen molar-refractivity contribution in [2.45, 2.75) is 12.5 Å². The molecular formula is C11H10Cl2N2O5. The van der Waals surface area contributed by atoms with E-state index in [9.17, 15) is 14.4 Å². The quantitative estimate of drug-likeness (QED) is 0.622. The summed E-state index contributed by atoms with van der Waals surface area (Å²) in [5.41, 5.74) is -0.227. The largest absolute Gasteiger partial charge is 0.480 e. The second kappa shape index (κ2) is 7.06. The van der Waals surface area contributed by atoms with E-state index in [-0.39, 0.29) is 15.9 Å². The highest BCUT2D eigenvalue weighted by molar-refractivity contribution is 6.34. The zero-order chi connectivity index (χ0) is 15.3. The first-order chi connectivity index (χ1) is 9.35. The van der Waals surface area contributed by atoms with Crippen molar-refractivity contribution < 1.29 is 24.2 Å². The number of rotatable bonds is 5. The van der Waals surface area contributed by atoms with Gasteiger partial charge in [-0.15, -0.1) is 0 Å². The first-order valence-corrected chi connectivity index (χ1v) is 6.03. The molecule has 108 valence electrons. The van der Waals surface area contributed by atoms with Gasteiger partial charge in [0.2, 0.25) is 0 Å². The number of carbonyl (C=O) groups is 3. The van der Waals surface area contributed by atoms with E-state index in [0.29, 0.717) is 0 Å². The van der Waals surface area contributed by atoms with Crippen molar-refractivity contribution in [3.63, 3.8) is 0 Å². The molecule has 1 aromatic rings. The molecule has 0 aliphatic rings. The van der Waals surface area contributed by atoms with Crippen molar-refractivity contribution in [1.29, 1.82) is 0 Å². The van der Waals surface area contributed by atoms with Crippen LogP contribution in [0.1, 0.15) is 16.9 Å². The Balaban J connectivity index is 2.88. The molecule has 0 aliphatic carbocycles. The van der Waals surface area contributed by atoms with Gasteiger partial charge in [0.05, 0.1) is 18.6 Å². The zero-order valence-electron chi connectivity index (χ0n) is 10.2. The number of ether oxygens (including phenoxy) is 1. The first kappa shape index (κ1) is 16.2. The standard InChI is InChI=1S/C11H10Cl2N2O5/c1-20-8(16)4-6(11(18)19)14-10(17)9-5(12)2-3-7(13)15-9/h2-3,6H,4H2,1H3,(H,14,17)(H,18,19)/t6-/m0/s1.